The predicted octanol–water partition coefficient (Wildman–Crippen LogP) is 2.05. The molecule has 0 aliphatic rings. The zero-order valence-corrected chi connectivity index (χ0v) is 9.66. The van der Waals surface area contributed by atoms with Crippen molar-refractivity contribution in [3.8, 4) is 0 Å². The molecule has 0 aliphatic heterocycles. The normalized spacial score (nSPS) is 12.1. The molecule has 0 N–H and O–H groups in total. The Hall–Kier alpha value is -1.36. The number of aliphatic imine (C=N–C) groups is 1. The van der Waals surface area contributed by atoms with Gasteiger partial charge in [0, 0.05) is 18.0 Å². The summed E-state index contributed by atoms with van der Waals surface area (Å²) in [6.07, 6.45) is 8.80. The first kappa shape index (κ1) is 11.7. The van der Waals surface area contributed by atoms with Crippen LogP contribution in [0.3, 0.4) is 0 Å². The topological polar surface area (TPSA) is 51.4 Å². The van der Waals surface area contributed by atoms with Crippen LogP contribution in [0.2, 0.25) is 0 Å². The number of rotatable bonds is 4. The zero-order chi connectivity index (χ0) is 11.5. The first-order valence-corrected chi connectivity index (χ1v) is 6.39. The van der Waals surface area contributed by atoms with Crippen molar-refractivity contribution in [3.63, 3.8) is 0 Å². The van der Waals surface area contributed by atoms with E-state index >= 15 is 0 Å². The molecule has 0 atom stereocenters. The largest absolute Gasteiger partial charge is 0.262 e. The standard InChI is InChI=1S/C10H14N2O2S/c1-4-5-6-9-7-12(15(3,13)14)8-10(9)11-2/h5-8H,2,4H2,1,3H3/b6-5-. The van der Waals surface area contributed by atoms with Gasteiger partial charge in [-0.3, -0.25) is 8.96 Å². The monoisotopic (exact) mass is 226 g/mol. The molecule has 1 aromatic heterocycles. The minimum atomic E-state index is -3.24. The predicted molar refractivity (Wildman–Crippen MR) is 63.2 cm³/mol. The molecule has 0 bridgehead atoms. The van der Waals surface area contributed by atoms with Gasteiger partial charge in [0.25, 0.3) is 0 Å². The van der Waals surface area contributed by atoms with Crippen LogP contribution in [0.15, 0.2) is 23.5 Å². The van der Waals surface area contributed by atoms with Crippen LogP contribution in [0.4, 0.5) is 5.69 Å². The molecule has 0 saturated heterocycles. The van der Waals surface area contributed by atoms with Crippen LogP contribution in [0.5, 0.6) is 0 Å². The lowest BCUT2D eigenvalue weighted by molar-refractivity contribution is 0.593. The van der Waals surface area contributed by atoms with Gasteiger partial charge >= 0.3 is 0 Å². The molecule has 4 nitrogen and oxygen atoms in total. The molecular formula is C10H14N2O2S. The molecule has 1 rings (SSSR count). The third-order valence-electron chi connectivity index (χ3n) is 1.90. The van der Waals surface area contributed by atoms with Crippen molar-refractivity contribution in [2.75, 3.05) is 6.26 Å². The van der Waals surface area contributed by atoms with Crippen LogP contribution in [0.25, 0.3) is 6.08 Å². The first-order chi connectivity index (χ1) is 6.99. The Labute approximate surface area is 90.0 Å². The molecular weight excluding hydrogens is 212 g/mol. The fourth-order valence-electron chi connectivity index (χ4n) is 1.13. The van der Waals surface area contributed by atoms with Crippen LogP contribution >= 0.6 is 0 Å². The highest BCUT2D eigenvalue weighted by Crippen LogP contribution is 2.22. The Morgan fingerprint density at radius 2 is 2.20 bits per heavy atom. The molecule has 0 unspecified atom stereocenters. The summed E-state index contributed by atoms with van der Waals surface area (Å²) < 4.78 is 23.7. The summed E-state index contributed by atoms with van der Waals surface area (Å²) in [4.78, 5) is 3.77. The van der Waals surface area contributed by atoms with Crippen molar-refractivity contribution in [1.29, 1.82) is 0 Å². The molecule has 0 saturated carbocycles. The van der Waals surface area contributed by atoms with Crippen molar-refractivity contribution in [3.05, 3.63) is 24.0 Å². The average Bonchev–Trinajstić information content (AvgIpc) is 2.57. The van der Waals surface area contributed by atoms with E-state index in [2.05, 4.69) is 11.7 Å². The smallest absolute Gasteiger partial charge is 0.235 e. The zero-order valence-electron chi connectivity index (χ0n) is 8.84. The van der Waals surface area contributed by atoms with Gasteiger partial charge in [-0.1, -0.05) is 19.1 Å². The molecule has 5 heteroatoms. The minimum Gasteiger partial charge on any atom is -0.262 e. The van der Waals surface area contributed by atoms with Gasteiger partial charge in [0.15, 0.2) is 0 Å². The summed E-state index contributed by atoms with van der Waals surface area (Å²) in [6.45, 7) is 5.41. The SMILES string of the molecule is C=Nc1cn(S(C)(=O)=O)cc1/C=C\CC. The summed E-state index contributed by atoms with van der Waals surface area (Å²) in [5.74, 6) is 0. The van der Waals surface area contributed by atoms with E-state index in [1.807, 2.05) is 19.1 Å². The first-order valence-electron chi connectivity index (χ1n) is 4.55. The summed E-state index contributed by atoms with van der Waals surface area (Å²) >= 11 is 0. The van der Waals surface area contributed by atoms with E-state index in [-0.39, 0.29) is 0 Å². The highest BCUT2D eigenvalue weighted by molar-refractivity contribution is 7.89. The molecule has 1 heterocycles. The second kappa shape index (κ2) is 4.44. The van der Waals surface area contributed by atoms with Crippen molar-refractivity contribution in [1.82, 2.24) is 3.97 Å². The van der Waals surface area contributed by atoms with Crippen LogP contribution in [-0.2, 0) is 10.0 Å². The maximum atomic E-state index is 11.3. The van der Waals surface area contributed by atoms with E-state index in [1.165, 1.54) is 12.4 Å². The molecule has 0 aromatic carbocycles. The third kappa shape index (κ3) is 2.79. The van der Waals surface area contributed by atoms with Crippen LogP contribution in [0.1, 0.15) is 18.9 Å². The molecule has 0 amide bonds. The molecule has 1 aromatic rings. The lowest BCUT2D eigenvalue weighted by Crippen LogP contribution is -2.06. The van der Waals surface area contributed by atoms with Gasteiger partial charge in [0.2, 0.25) is 10.0 Å². The lowest BCUT2D eigenvalue weighted by atomic mass is 10.2. The van der Waals surface area contributed by atoms with Gasteiger partial charge in [-0.05, 0) is 13.1 Å². The van der Waals surface area contributed by atoms with E-state index in [1.54, 1.807) is 0 Å². The fourth-order valence-corrected chi connectivity index (χ4v) is 1.73. The highest BCUT2D eigenvalue weighted by Gasteiger charge is 2.09. The van der Waals surface area contributed by atoms with Crippen molar-refractivity contribution >= 4 is 28.5 Å². The summed E-state index contributed by atoms with van der Waals surface area (Å²) in [6, 6.07) is 0. The van der Waals surface area contributed by atoms with E-state index < -0.39 is 10.0 Å². The Kier molecular flexibility index (Phi) is 3.47. The maximum Gasteiger partial charge on any atom is 0.235 e. The number of allylic oxidation sites excluding steroid dienone is 1. The Morgan fingerprint density at radius 1 is 1.53 bits per heavy atom. The average molecular weight is 226 g/mol. The van der Waals surface area contributed by atoms with E-state index in [9.17, 15) is 8.42 Å². The van der Waals surface area contributed by atoms with Crippen LogP contribution in [0, 0.1) is 0 Å². The molecule has 0 aliphatic carbocycles. The van der Waals surface area contributed by atoms with E-state index in [0.717, 1.165) is 22.2 Å². The number of aromatic nitrogens is 1. The van der Waals surface area contributed by atoms with Crippen molar-refractivity contribution < 1.29 is 8.42 Å². The van der Waals surface area contributed by atoms with Crippen molar-refractivity contribution in [2.24, 2.45) is 4.99 Å². The molecule has 82 valence electrons. The van der Waals surface area contributed by atoms with Gasteiger partial charge in [-0.2, -0.15) is 0 Å². The van der Waals surface area contributed by atoms with E-state index in [4.69, 9.17) is 0 Å². The van der Waals surface area contributed by atoms with Gasteiger partial charge in [0.05, 0.1) is 11.9 Å². The number of nitrogens with zero attached hydrogens (tertiary/aromatic N) is 2. The second-order valence-electron chi connectivity index (χ2n) is 3.16. The maximum absolute atomic E-state index is 11.3. The molecule has 15 heavy (non-hydrogen) atoms. The molecule has 0 fully saturated rings. The third-order valence-corrected chi connectivity index (χ3v) is 2.87. The number of hydrogen-bond acceptors (Lipinski definition) is 3. The lowest BCUT2D eigenvalue weighted by Gasteiger charge is -1.95. The van der Waals surface area contributed by atoms with Gasteiger partial charge < -0.3 is 0 Å². The summed E-state index contributed by atoms with van der Waals surface area (Å²) in [5, 5.41) is 0. The van der Waals surface area contributed by atoms with Crippen molar-refractivity contribution in [2.45, 2.75) is 13.3 Å². The second-order valence-corrected chi connectivity index (χ2v) is 5.05. The Bertz CT molecular complexity index is 484. The van der Waals surface area contributed by atoms with E-state index in [0.29, 0.717) is 5.69 Å². The van der Waals surface area contributed by atoms with Gasteiger partial charge in [-0.15, -0.1) is 0 Å². The Morgan fingerprint density at radius 3 is 2.67 bits per heavy atom. The molecule has 0 spiro atoms. The van der Waals surface area contributed by atoms with Gasteiger partial charge in [-0.25, -0.2) is 8.42 Å². The fraction of sp³-hybridized carbons (Fsp3) is 0.300. The summed E-state index contributed by atoms with van der Waals surface area (Å²) in [5.41, 5.74) is 1.34. The highest BCUT2D eigenvalue weighted by atomic mass is 32.2. The van der Waals surface area contributed by atoms with Crippen LogP contribution in [-0.4, -0.2) is 25.4 Å². The van der Waals surface area contributed by atoms with Crippen LogP contribution < -0.4 is 0 Å². The number of hydrogen-bond donors (Lipinski definition) is 0. The van der Waals surface area contributed by atoms with Gasteiger partial charge in [0.1, 0.15) is 0 Å². The summed E-state index contributed by atoms with van der Waals surface area (Å²) in [7, 11) is -3.24. The quantitative estimate of drug-likeness (QED) is 0.738. The Balaban J connectivity index is 3.23. The minimum absolute atomic E-state index is 0.574. The molecule has 0 radical (unpaired) electrons.